The number of ether oxygens (including phenoxy) is 1. The van der Waals surface area contributed by atoms with E-state index in [0.717, 1.165) is 20.4 Å². The van der Waals surface area contributed by atoms with Crippen molar-refractivity contribution in [3.05, 3.63) is 61.7 Å². The molecule has 0 saturated heterocycles. The monoisotopic (exact) mass is 428 g/mol. The van der Waals surface area contributed by atoms with Gasteiger partial charge in [0.1, 0.15) is 5.75 Å². The van der Waals surface area contributed by atoms with E-state index in [9.17, 15) is 4.79 Å². The topological polar surface area (TPSA) is 50.7 Å². The van der Waals surface area contributed by atoms with Gasteiger partial charge in [-0.25, -0.2) is 5.43 Å². The third kappa shape index (κ3) is 4.20. The summed E-state index contributed by atoms with van der Waals surface area (Å²) in [6.07, 6.45) is 1.57. The Kier molecular flexibility index (Phi) is 5.79. The van der Waals surface area contributed by atoms with Crippen LogP contribution in [0.25, 0.3) is 0 Å². The van der Waals surface area contributed by atoms with E-state index in [1.165, 1.54) is 0 Å². The summed E-state index contributed by atoms with van der Waals surface area (Å²) in [5.41, 5.74) is 4.72. The van der Waals surface area contributed by atoms with Crippen LogP contribution in [0.3, 0.4) is 0 Å². The van der Waals surface area contributed by atoms with Gasteiger partial charge in [0, 0.05) is 0 Å². The number of hydrazone groups is 1. The molecule has 0 aliphatic carbocycles. The van der Waals surface area contributed by atoms with Crippen LogP contribution in [0, 0.1) is 10.5 Å². The Hall–Kier alpha value is -1.60. The van der Waals surface area contributed by atoms with Crippen molar-refractivity contribution in [3.8, 4) is 5.75 Å². The highest BCUT2D eigenvalue weighted by molar-refractivity contribution is 14.1. The van der Waals surface area contributed by atoms with Gasteiger partial charge in [0.05, 0.1) is 27.5 Å². The van der Waals surface area contributed by atoms with Crippen LogP contribution in [0.1, 0.15) is 21.5 Å². The summed E-state index contributed by atoms with van der Waals surface area (Å²) in [6, 6.07) is 10.9. The first-order chi connectivity index (χ1) is 10.5. The molecular weight excluding hydrogens is 415 g/mol. The van der Waals surface area contributed by atoms with Crippen LogP contribution in [-0.4, -0.2) is 19.2 Å². The zero-order valence-corrected chi connectivity index (χ0v) is 15.0. The van der Waals surface area contributed by atoms with Gasteiger partial charge in [-0.15, -0.1) is 0 Å². The Balaban J connectivity index is 2.05. The van der Waals surface area contributed by atoms with Crippen molar-refractivity contribution in [2.75, 3.05) is 7.11 Å². The van der Waals surface area contributed by atoms with E-state index >= 15 is 0 Å². The fraction of sp³-hybridized carbons (Fsp3) is 0.125. The first kappa shape index (κ1) is 16.8. The summed E-state index contributed by atoms with van der Waals surface area (Å²) in [4.78, 5) is 12.0. The number of nitrogens with zero attached hydrogens (tertiary/aromatic N) is 1. The molecule has 0 radical (unpaired) electrons. The summed E-state index contributed by atoms with van der Waals surface area (Å²) in [5, 5.41) is 4.36. The number of amides is 1. The van der Waals surface area contributed by atoms with Crippen LogP contribution >= 0.6 is 34.2 Å². The Labute approximate surface area is 147 Å². The molecule has 114 valence electrons. The zero-order chi connectivity index (χ0) is 16.1. The Morgan fingerprint density at radius 3 is 2.73 bits per heavy atom. The molecule has 4 nitrogen and oxygen atoms in total. The maximum absolute atomic E-state index is 12.0. The maximum Gasteiger partial charge on any atom is 0.272 e. The van der Waals surface area contributed by atoms with E-state index in [4.69, 9.17) is 16.3 Å². The number of carbonyl (C=O) groups excluding carboxylic acids is 1. The van der Waals surface area contributed by atoms with Crippen LogP contribution in [0.4, 0.5) is 0 Å². The summed E-state index contributed by atoms with van der Waals surface area (Å²) >= 11 is 8.22. The number of hydrogen-bond acceptors (Lipinski definition) is 3. The van der Waals surface area contributed by atoms with Gasteiger partial charge in [0.15, 0.2) is 0 Å². The van der Waals surface area contributed by atoms with Gasteiger partial charge in [-0.05, 0) is 71.0 Å². The number of hydrogen-bond donors (Lipinski definition) is 1. The SMILES string of the molecule is COc1ccc(/C=N\NC(=O)c2ccc(C)cc2Cl)cc1I. The molecule has 2 rings (SSSR count). The quantitative estimate of drug-likeness (QED) is 0.454. The van der Waals surface area contributed by atoms with E-state index in [2.05, 4.69) is 33.1 Å². The molecule has 0 fully saturated rings. The molecule has 2 aromatic rings. The molecule has 0 bridgehead atoms. The largest absolute Gasteiger partial charge is 0.496 e. The highest BCUT2D eigenvalue weighted by atomic mass is 127. The van der Waals surface area contributed by atoms with E-state index in [1.54, 1.807) is 25.5 Å². The van der Waals surface area contributed by atoms with Crippen molar-refractivity contribution < 1.29 is 9.53 Å². The predicted molar refractivity (Wildman–Crippen MR) is 97.0 cm³/mol. The molecule has 1 N–H and O–H groups in total. The van der Waals surface area contributed by atoms with Gasteiger partial charge in [-0.2, -0.15) is 5.10 Å². The van der Waals surface area contributed by atoms with E-state index in [-0.39, 0.29) is 5.91 Å². The first-order valence-electron chi connectivity index (χ1n) is 6.44. The molecule has 0 aliphatic heterocycles. The fourth-order valence-electron chi connectivity index (χ4n) is 1.79. The second kappa shape index (κ2) is 7.60. The smallest absolute Gasteiger partial charge is 0.272 e. The standard InChI is InChI=1S/C16H14ClIN2O2/c1-10-3-5-12(13(17)7-10)16(21)20-19-9-11-4-6-15(22-2)14(18)8-11/h3-9H,1-2H3,(H,20,21)/b19-9-. The molecule has 0 unspecified atom stereocenters. The van der Waals surface area contributed by atoms with E-state index < -0.39 is 0 Å². The highest BCUT2D eigenvalue weighted by Crippen LogP contribution is 2.21. The minimum absolute atomic E-state index is 0.343. The number of halogens is 2. The summed E-state index contributed by atoms with van der Waals surface area (Å²) in [6.45, 7) is 1.91. The second-order valence-corrected chi connectivity index (χ2v) is 6.15. The van der Waals surface area contributed by atoms with Crippen molar-refractivity contribution in [1.82, 2.24) is 5.43 Å². The number of benzene rings is 2. The Morgan fingerprint density at radius 2 is 2.09 bits per heavy atom. The molecular formula is C16H14ClIN2O2. The van der Waals surface area contributed by atoms with Crippen molar-refractivity contribution >= 4 is 46.3 Å². The lowest BCUT2D eigenvalue weighted by atomic mass is 10.1. The summed E-state index contributed by atoms with van der Waals surface area (Å²) in [5.74, 6) is 0.456. The molecule has 0 aliphatic rings. The van der Waals surface area contributed by atoms with Gasteiger partial charge >= 0.3 is 0 Å². The molecule has 0 spiro atoms. The van der Waals surface area contributed by atoms with Crippen molar-refractivity contribution in [2.24, 2.45) is 5.10 Å². The number of nitrogens with one attached hydrogen (secondary N) is 1. The van der Waals surface area contributed by atoms with E-state index in [1.807, 2.05) is 31.2 Å². The minimum atomic E-state index is -0.343. The first-order valence-corrected chi connectivity index (χ1v) is 7.90. The molecule has 6 heteroatoms. The average molecular weight is 429 g/mol. The van der Waals surface area contributed by atoms with Gasteiger partial charge in [0.2, 0.25) is 0 Å². The van der Waals surface area contributed by atoms with Crippen molar-refractivity contribution in [1.29, 1.82) is 0 Å². The number of rotatable bonds is 4. The molecule has 22 heavy (non-hydrogen) atoms. The maximum atomic E-state index is 12.0. The van der Waals surface area contributed by atoms with Crippen LogP contribution in [-0.2, 0) is 0 Å². The van der Waals surface area contributed by atoms with Gasteiger partial charge in [0.25, 0.3) is 5.91 Å². The Morgan fingerprint density at radius 1 is 1.32 bits per heavy atom. The normalized spacial score (nSPS) is 10.7. The summed E-state index contributed by atoms with van der Waals surface area (Å²) < 4.78 is 6.16. The van der Waals surface area contributed by atoms with Crippen LogP contribution in [0.15, 0.2) is 41.5 Å². The van der Waals surface area contributed by atoms with Gasteiger partial charge in [-0.3, -0.25) is 4.79 Å². The van der Waals surface area contributed by atoms with Crippen LogP contribution in [0.5, 0.6) is 5.75 Å². The summed E-state index contributed by atoms with van der Waals surface area (Å²) in [7, 11) is 1.62. The molecule has 0 atom stereocenters. The number of methoxy groups -OCH3 is 1. The number of carbonyl (C=O) groups is 1. The van der Waals surface area contributed by atoms with Gasteiger partial charge in [-0.1, -0.05) is 17.7 Å². The Bertz CT molecular complexity index is 732. The lowest BCUT2D eigenvalue weighted by Gasteiger charge is -2.04. The second-order valence-electron chi connectivity index (χ2n) is 4.58. The molecule has 0 saturated carbocycles. The van der Waals surface area contributed by atoms with Crippen LogP contribution < -0.4 is 10.2 Å². The molecule has 0 heterocycles. The van der Waals surface area contributed by atoms with Crippen molar-refractivity contribution in [3.63, 3.8) is 0 Å². The molecule has 0 aromatic heterocycles. The molecule has 2 aromatic carbocycles. The lowest BCUT2D eigenvalue weighted by molar-refractivity contribution is 0.0955. The predicted octanol–water partition coefficient (Wildman–Crippen LogP) is 4.03. The molecule has 1 amide bonds. The van der Waals surface area contributed by atoms with E-state index in [0.29, 0.717) is 10.6 Å². The third-order valence-corrected chi connectivity index (χ3v) is 4.08. The highest BCUT2D eigenvalue weighted by Gasteiger charge is 2.09. The zero-order valence-electron chi connectivity index (χ0n) is 12.1. The minimum Gasteiger partial charge on any atom is -0.496 e. The fourth-order valence-corrected chi connectivity index (χ4v) is 2.87. The number of aryl methyl sites for hydroxylation is 1. The van der Waals surface area contributed by atoms with Crippen molar-refractivity contribution in [2.45, 2.75) is 6.92 Å². The third-order valence-electron chi connectivity index (χ3n) is 2.92. The van der Waals surface area contributed by atoms with Crippen LogP contribution in [0.2, 0.25) is 5.02 Å². The van der Waals surface area contributed by atoms with Gasteiger partial charge < -0.3 is 4.74 Å². The lowest BCUT2D eigenvalue weighted by Crippen LogP contribution is -2.18. The average Bonchev–Trinajstić information content (AvgIpc) is 2.47.